The number of nitrogens with zero attached hydrogens (tertiary/aromatic N) is 4. The first-order chi connectivity index (χ1) is 6.93. The fourth-order valence-electron chi connectivity index (χ4n) is 0. The summed E-state index contributed by atoms with van der Waals surface area (Å²) in [5, 5.41) is 59.0. The van der Waals surface area contributed by atoms with Gasteiger partial charge in [0.15, 0.2) is 0 Å². The zero-order valence-electron chi connectivity index (χ0n) is 7.70. The van der Waals surface area contributed by atoms with Crippen LogP contribution in [-0.2, 0) is 36.5 Å². The third-order valence-corrected chi connectivity index (χ3v) is 0. The van der Waals surface area contributed by atoms with Crippen LogP contribution in [0, 0.1) is 61.3 Å². The Hall–Kier alpha value is -2.06. The molecule has 0 aliphatic rings. The summed E-state index contributed by atoms with van der Waals surface area (Å²) in [6.45, 7) is 0. The Morgan fingerprint density at radius 1 is 0.444 bits per heavy atom. The molecule has 0 aromatic rings. The summed E-state index contributed by atoms with van der Waals surface area (Å²) >= 11 is 0. The van der Waals surface area contributed by atoms with Crippen LogP contribution in [0.5, 0.6) is 0 Å². The van der Waals surface area contributed by atoms with Crippen LogP contribution >= 0.6 is 0 Å². The Balaban J connectivity index is -0.0000000257. The monoisotopic (exact) mass is 375 g/mol. The van der Waals surface area contributed by atoms with Crippen molar-refractivity contribution in [2.45, 2.75) is 0 Å². The minimum absolute atomic E-state index is 0. The summed E-state index contributed by atoms with van der Waals surface area (Å²) in [6, 6.07) is 0. The zero-order chi connectivity index (χ0) is 14.3. The molecule has 0 amide bonds. The van der Waals surface area contributed by atoms with E-state index in [1.807, 2.05) is 0 Å². The van der Waals surface area contributed by atoms with Crippen molar-refractivity contribution in [3.05, 3.63) is 61.3 Å². The molecule has 0 N–H and O–H groups in total. The first-order valence-corrected chi connectivity index (χ1v) is 2.19. The Bertz CT molecular complexity index is 164. The third kappa shape index (κ3) is 552. The van der Waals surface area contributed by atoms with Gasteiger partial charge in [-0.25, -0.2) is 0 Å². The van der Waals surface area contributed by atoms with E-state index in [2.05, 4.69) is 0 Å². The Labute approximate surface area is 118 Å². The van der Waals surface area contributed by atoms with E-state index in [0.717, 1.165) is 0 Å². The normalized spacial score (nSPS) is 5.33. The molecule has 0 spiro atoms. The van der Waals surface area contributed by atoms with Crippen molar-refractivity contribution in [1.29, 1.82) is 0 Å². The average molecular weight is 377 g/mol. The fourth-order valence-corrected chi connectivity index (χ4v) is 0. The molecule has 105 valence electrons. The van der Waals surface area contributed by atoms with Gasteiger partial charge in [0.2, 0.25) is 0 Å². The van der Waals surface area contributed by atoms with Gasteiger partial charge in [-0.15, -0.1) is 0 Å². The van der Waals surface area contributed by atoms with E-state index in [0.29, 0.717) is 0 Å². The maximum Gasteiger partial charge on any atom is 2.00 e. The van der Waals surface area contributed by atoms with E-state index in [1.165, 1.54) is 0 Å². The van der Waals surface area contributed by atoms with Gasteiger partial charge in [0, 0.05) is 0 Å². The fraction of sp³-hybridized carbons (Fsp3) is 0. The SMILES string of the molecule is O=[N+]([O-])[O-].O=[N+]([O-])[O-].O=[N+]([O-])[O-].O=[N+]([O-])[O-].[Cu+2].[Zn+2]. The molecule has 0 rings (SSSR count). The summed E-state index contributed by atoms with van der Waals surface area (Å²) in [6.07, 6.45) is 0. The van der Waals surface area contributed by atoms with E-state index in [9.17, 15) is 0 Å². The topological polar surface area (TPSA) is 265 Å². The van der Waals surface area contributed by atoms with E-state index in [-0.39, 0.29) is 36.5 Å². The quantitative estimate of drug-likeness (QED) is 0.280. The molecule has 16 nitrogen and oxygen atoms in total. The zero-order valence-corrected chi connectivity index (χ0v) is 11.6. The second-order valence-electron chi connectivity index (χ2n) is 0.894. The summed E-state index contributed by atoms with van der Waals surface area (Å²) in [5.41, 5.74) is 0. The predicted octanol–water partition coefficient (Wildman–Crippen LogP) is -0.961. The smallest absolute Gasteiger partial charge is 0.356 e. The summed E-state index contributed by atoms with van der Waals surface area (Å²) < 4.78 is 0. The van der Waals surface area contributed by atoms with E-state index < -0.39 is 20.3 Å². The van der Waals surface area contributed by atoms with Crippen molar-refractivity contribution in [3.63, 3.8) is 0 Å². The molecule has 0 saturated carbocycles. The van der Waals surface area contributed by atoms with Gasteiger partial charge in [-0.3, -0.25) is 0 Å². The Morgan fingerprint density at radius 3 is 0.444 bits per heavy atom. The molecule has 0 unspecified atom stereocenters. The summed E-state index contributed by atoms with van der Waals surface area (Å²) in [5.74, 6) is 0. The van der Waals surface area contributed by atoms with Crippen LogP contribution in [0.4, 0.5) is 0 Å². The number of rotatable bonds is 0. The van der Waals surface area contributed by atoms with Gasteiger partial charge in [0.25, 0.3) is 0 Å². The van der Waals surface area contributed by atoms with Crippen LogP contribution < -0.4 is 0 Å². The molecule has 0 aromatic carbocycles. The molecule has 0 bridgehead atoms. The molecule has 18 heteroatoms. The van der Waals surface area contributed by atoms with E-state index in [4.69, 9.17) is 61.3 Å². The first kappa shape index (κ1) is 36.0. The van der Waals surface area contributed by atoms with Crippen molar-refractivity contribution in [1.82, 2.24) is 0 Å². The van der Waals surface area contributed by atoms with Crippen LogP contribution in [0.2, 0.25) is 0 Å². The van der Waals surface area contributed by atoms with Crippen molar-refractivity contribution in [3.8, 4) is 0 Å². The standard InChI is InChI=1S/Cu.4NO3.Zn/c;4*2-1(3)4;/q+2;4*-1;+2. The summed E-state index contributed by atoms with van der Waals surface area (Å²) in [7, 11) is 0. The minimum Gasteiger partial charge on any atom is -0.356 e. The molecule has 1 radical (unpaired) electrons. The molecule has 0 heterocycles. The molecule has 0 atom stereocenters. The molecule has 0 fully saturated rings. The van der Waals surface area contributed by atoms with Gasteiger partial charge in [-0.2, -0.15) is 0 Å². The van der Waals surface area contributed by atoms with Crippen molar-refractivity contribution >= 4 is 0 Å². The number of hydrogen-bond donors (Lipinski definition) is 0. The first-order valence-electron chi connectivity index (χ1n) is 2.19. The van der Waals surface area contributed by atoms with E-state index >= 15 is 0 Å². The summed E-state index contributed by atoms with van der Waals surface area (Å²) in [4.78, 5) is 33.0. The second kappa shape index (κ2) is 29.4. The third-order valence-electron chi connectivity index (χ3n) is 0. The second-order valence-corrected chi connectivity index (χ2v) is 0.894. The van der Waals surface area contributed by atoms with Crippen LogP contribution in [0.25, 0.3) is 0 Å². The average Bonchev–Trinajstić information content (AvgIpc) is 1.76. The predicted molar refractivity (Wildman–Crippen MR) is 41.4 cm³/mol. The molecular weight excluding hydrogens is 377 g/mol. The van der Waals surface area contributed by atoms with Gasteiger partial charge < -0.3 is 61.3 Å². The van der Waals surface area contributed by atoms with Gasteiger partial charge in [-0.1, -0.05) is 0 Å². The maximum atomic E-state index is 8.25. The van der Waals surface area contributed by atoms with Crippen LogP contribution in [0.1, 0.15) is 0 Å². The molecule has 18 heavy (non-hydrogen) atoms. The molecule has 0 aliphatic heterocycles. The van der Waals surface area contributed by atoms with Gasteiger partial charge in [-0.05, 0) is 0 Å². The minimum atomic E-state index is -1.75. The van der Waals surface area contributed by atoms with Crippen molar-refractivity contribution < 1.29 is 56.9 Å². The van der Waals surface area contributed by atoms with Crippen LogP contribution in [0.3, 0.4) is 0 Å². The van der Waals surface area contributed by atoms with Crippen LogP contribution in [0.15, 0.2) is 0 Å². The van der Waals surface area contributed by atoms with Crippen molar-refractivity contribution in [2.24, 2.45) is 0 Å². The Morgan fingerprint density at radius 2 is 0.444 bits per heavy atom. The molecule has 0 aliphatic carbocycles. The maximum absolute atomic E-state index is 8.25. The van der Waals surface area contributed by atoms with Crippen molar-refractivity contribution in [2.75, 3.05) is 0 Å². The number of hydrogen-bond acceptors (Lipinski definition) is 12. The molecule has 0 aromatic heterocycles. The molecular formula is CuN4O12Zn. The van der Waals surface area contributed by atoms with Crippen LogP contribution in [-0.4, -0.2) is 20.3 Å². The van der Waals surface area contributed by atoms with Gasteiger partial charge in [0.1, 0.15) is 0 Å². The molecule has 0 saturated heterocycles. The van der Waals surface area contributed by atoms with E-state index in [1.54, 1.807) is 0 Å². The largest absolute Gasteiger partial charge is 2.00 e. The Kier molecular flexibility index (Phi) is 58.8. The van der Waals surface area contributed by atoms with Gasteiger partial charge in [0.05, 0.1) is 20.3 Å². The van der Waals surface area contributed by atoms with Gasteiger partial charge >= 0.3 is 36.5 Å².